The number of hydrogen-bond donors (Lipinski definition) is 2. The van der Waals surface area contributed by atoms with Crippen molar-refractivity contribution in [1.82, 2.24) is 20.4 Å². The van der Waals surface area contributed by atoms with E-state index in [0.29, 0.717) is 6.54 Å². The normalized spacial score (nSPS) is 13.2. The minimum Gasteiger partial charge on any atom is -0.467 e. The highest BCUT2D eigenvalue weighted by Crippen LogP contribution is 2.14. The predicted octanol–water partition coefficient (Wildman–Crippen LogP) is 2.32. The van der Waals surface area contributed by atoms with E-state index in [-0.39, 0.29) is 6.04 Å². The van der Waals surface area contributed by atoms with Crippen LogP contribution >= 0.6 is 0 Å². The zero-order chi connectivity index (χ0) is 16.8. The van der Waals surface area contributed by atoms with Gasteiger partial charge in [-0.3, -0.25) is 4.68 Å². The van der Waals surface area contributed by atoms with Gasteiger partial charge < -0.3 is 15.1 Å². The Kier molecular flexibility index (Phi) is 5.84. The number of furan rings is 1. The fraction of sp³-hybridized carbons (Fsp3) is 0.529. The first-order valence-corrected chi connectivity index (χ1v) is 8.07. The summed E-state index contributed by atoms with van der Waals surface area (Å²) < 4.78 is 7.26. The second-order valence-electron chi connectivity index (χ2n) is 5.80. The SMILES string of the molecule is CCNC(=NCc1ccco1)NC(C)Cc1c(C)nn(C)c1C. The fourth-order valence-corrected chi connectivity index (χ4v) is 2.58. The lowest BCUT2D eigenvalue weighted by molar-refractivity contribution is 0.511. The maximum Gasteiger partial charge on any atom is 0.191 e. The van der Waals surface area contributed by atoms with E-state index in [9.17, 15) is 0 Å². The Hall–Kier alpha value is -2.24. The van der Waals surface area contributed by atoms with Gasteiger partial charge in [0.15, 0.2) is 5.96 Å². The van der Waals surface area contributed by atoms with Gasteiger partial charge in [0.1, 0.15) is 12.3 Å². The van der Waals surface area contributed by atoms with E-state index in [4.69, 9.17) is 4.42 Å². The van der Waals surface area contributed by atoms with Crippen LogP contribution in [0.25, 0.3) is 0 Å². The standard InChI is InChI=1S/C17H27N5O/c1-6-18-17(19-11-15-8-7-9-23-15)20-12(2)10-16-13(3)21-22(5)14(16)4/h7-9,12H,6,10-11H2,1-5H3,(H2,18,19,20). The molecule has 0 aromatic carbocycles. The van der Waals surface area contributed by atoms with E-state index in [2.05, 4.69) is 48.4 Å². The Labute approximate surface area is 138 Å². The van der Waals surface area contributed by atoms with Crippen LogP contribution in [-0.2, 0) is 20.0 Å². The van der Waals surface area contributed by atoms with Crippen molar-refractivity contribution in [2.24, 2.45) is 12.0 Å². The van der Waals surface area contributed by atoms with Crippen LogP contribution in [0.4, 0.5) is 0 Å². The molecule has 0 aliphatic carbocycles. The van der Waals surface area contributed by atoms with Crippen LogP contribution < -0.4 is 10.6 Å². The Bertz CT molecular complexity index is 642. The molecule has 0 aliphatic heterocycles. The third-order valence-electron chi connectivity index (χ3n) is 3.87. The molecule has 1 unspecified atom stereocenters. The molecule has 0 aliphatic rings. The van der Waals surface area contributed by atoms with Crippen LogP contribution in [0.2, 0.25) is 0 Å². The van der Waals surface area contributed by atoms with Gasteiger partial charge in [0, 0.05) is 25.3 Å². The Morgan fingerprint density at radius 2 is 2.22 bits per heavy atom. The molecular formula is C17H27N5O. The lowest BCUT2D eigenvalue weighted by Crippen LogP contribution is -2.43. The first-order chi connectivity index (χ1) is 11.0. The van der Waals surface area contributed by atoms with E-state index in [1.165, 1.54) is 11.3 Å². The lowest BCUT2D eigenvalue weighted by Gasteiger charge is -2.18. The number of nitrogens with one attached hydrogen (secondary N) is 2. The Morgan fingerprint density at radius 3 is 2.78 bits per heavy atom. The molecule has 126 valence electrons. The van der Waals surface area contributed by atoms with Gasteiger partial charge in [-0.25, -0.2) is 4.99 Å². The number of guanidine groups is 1. The minimum atomic E-state index is 0.256. The Morgan fingerprint density at radius 1 is 1.43 bits per heavy atom. The summed E-state index contributed by atoms with van der Waals surface area (Å²) in [6.07, 6.45) is 2.58. The number of hydrogen-bond acceptors (Lipinski definition) is 3. The largest absolute Gasteiger partial charge is 0.467 e. The van der Waals surface area contributed by atoms with Crippen molar-refractivity contribution < 1.29 is 4.42 Å². The monoisotopic (exact) mass is 317 g/mol. The summed E-state index contributed by atoms with van der Waals surface area (Å²) in [6, 6.07) is 4.06. The quantitative estimate of drug-likeness (QED) is 0.634. The highest BCUT2D eigenvalue weighted by molar-refractivity contribution is 5.80. The van der Waals surface area contributed by atoms with Gasteiger partial charge in [0.2, 0.25) is 0 Å². The topological polar surface area (TPSA) is 67.4 Å². The summed E-state index contributed by atoms with van der Waals surface area (Å²) in [5, 5.41) is 11.2. The van der Waals surface area contributed by atoms with Crippen molar-refractivity contribution in [3.8, 4) is 0 Å². The molecule has 6 nitrogen and oxygen atoms in total. The van der Waals surface area contributed by atoms with Crippen molar-refractivity contribution in [3.05, 3.63) is 41.1 Å². The van der Waals surface area contributed by atoms with E-state index in [0.717, 1.165) is 30.4 Å². The molecule has 0 radical (unpaired) electrons. The second kappa shape index (κ2) is 7.85. The van der Waals surface area contributed by atoms with Crippen LogP contribution in [0.15, 0.2) is 27.8 Å². The number of rotatable bonds is 6. The first-order valence-electron chi connectivity index (χ1n) is 8.07. The minimum absolute atomic E-state index is 0.256. The molecule has 1 atom stereocenters. The van der Waals surface area contributed by atoms with Crippen LogP contribution in [0, 0.1) is 13.8 Å². The molecular weight excluding hydrogens is 290 g/mol. The number of aromatic nitrogens is 2. The molecule has 2 rings (SSSR count). The van der Waals surface area contributed by atoms with Gasteiger partial charge in [-0.1, -0.05) is 0 Å². The van der Waals surface area contributed by atoms with Gasteiger partial charge >= 0.3 is 0 Å². The van der Waals surface area contributed by atoms with Gasteiger partial charge in [-0.05, 0) is 51.8 Å². The third-order valence-corrected chi connectivity index (χ3v) is 3.87. The third kappa shape index (κ3) is 4.61. The van der Waals surface area contributed by atoms with E-state index in [1.807, 2.05) is 23.9 Å². The highest BCUT2D eigenvalue weighted by Gasteiger charge is 2.14. The molecule has 2 aromatic rings. The molecule has 0 spiro atoms. The van der Waals surface area contributed by atoms with Gasteiger partial charge in [0.25, 0.3) is 0 Å². The molecule has 23 heavy (non-hydrogen) atoms. The number of aliphatic imine (C=N–C) groups is 1. The van der Waals surface area contributed by atoms with E-state index >= 15 is 0 Å². The molecule has 2 N–H and O–H groups in total. The summed E-state index contributed by atoms with van der Waals surface area (Å²) >= 11 is 0. The van der Waals surface area contributed by atoms with Crippen molar-refractivity contribution >= 4 is 5.96 Å². The molecule has 2 aromatic heterocycles. The summed E-state index contributed by atoms with van der Waals surface area (Å²) in [5.41, 5.74) is 3.61. The zero-order valence-corrected chi connectivity index (χ0v) is 14.7. The van der Waals surface area contributed by atoms with Crippen molar-refractivity contribution in [3.63, 3.8) is 0 Å². The molecule has 2 heterocycles. The zero-order valence-electron chi connectivity index (χ0n) is 14.7. The second-order valence-corrected chi connectivity index (χ2v) is 5.80. The maximum atomic E-state index is 5.32. The molecule has 0 saturated heterocycles. The molecule has 0 amide bonds. The van der Waals surface area contributed by atoms with Crippen molar-refractivity contribution in [2.75, 3.05) is 6.54 Å². The molecule has 0 saturated carbocycles. The summed E-state index contributed by atoms with van der Waals surface area (Å²) in [6.45, 7) is 9.74. The molecule has 0 fully saturated rings. The van der Waals surface area contributed by atoms with E-state index < -0.39 is 0 Å². The van der Waals surface area contributed by atoms with Crippen LogP contribution in [0.1, 0.15) is 36.6 Å². The smallest absolute Gasteiger partial charge is 0.191 e. The predicted molar refractivity (Wildman–Crippen MR) is 92.5 cm³/mol. The summed E-state index contributed by atoms with van der Waals surface area (Å²) in [4.78, 5) is 4.57. The number of aryl methyl sites for hydroxylation is 2. The Balaban J connectivity index is 1.99. The van der Waals surface area contributed by atoms with Gasteiger partial charge in [0.05, 0.1) is 12.0 Å². The van der Waals surface area contributed by atoms with Crippen LogP contribution in [-0.4, -0.2) is 28.3 Å². The molecule has 6 heteroatoms. The summed E-state index contributed by atoms with van der Waals surface area (Å²) in [5.74, 6) is 1.66. The highest BCUT2D eigenvalue weighted by atomic mass is 16.3. The number of nitrogens with zero attached hydrogens (tertiary/aromatic N) is 3. The van der Waals surface area contributed by atoms with Crippen molar-refractivity contribution in [1.29, 1.82) is 0 Å². The first kappa shape index (κ1) is 17.1. The lowest BCUT2D eigenvalue weighted by atomic mass is 10.1. The van der Waals surface area contributed by atoms with Crippen LogP contribution in [0.3, 0.4) is 0 Å². The van der Waals surface area contributed by atoms with Gasteiger partial charge in [-0.15, -0.1) is 0 Å². The maximum absolute atomic E-state index is 5.32. The summed E-state index contributed by atoms with van der Waals surface area (Å²) in [7, 11) is 1.98. The van der Waals surface area contributed by atoms with Crippen molar-refractivity contribution in [2.45, 2.75) is 46.7 Å². The van der Waals surface area contributed by atoms with Gasteiger partial charge in [-0.2, -0.15) is 5.10 Å². The van der Waals surface area contributed by atoms with E-state index in [1.54, 1.807) is 6.26 Å². The fourth-order valence-electron chi connectivity index (χ4n) is 2.58. The van der Waals surface area contributed by atoms with Crippen LogP contribution in [0.5, 0.6) is 0 Å². The average molecular weight is 317 g/mol. The molecule has 0 bridgehead atoms. The average Bonchev–Trinajstić information content (AvgIpc) is 3.10.